The lowest BCUT2D eigenvalue weighted by Crippen LogP contribution is -2.12. The summed E-state index contributed by atoms with van der Waals surface area (Å²) in [6, 6.07) is 7.77. The van der Waals surface area contributed by atoms with Crippen LogP contribution >= 0.6 is 11.6 Å². The summed E-state index contributed by atoms with van der Waals surface area (Å²) in [5, 5.41) is 5.07. The number of rotatable bonds is 1. The lowest BCUT2D eigenvalue weighted by atomic mass is 10.2. The molecular formula is C12H12ClN3. The summed E-state index contributed by atoms with van der Waals surface area (Å²) in [5.74, 6) is 0. The molecular weight excluding hydrogens is 222 g/mol. The first-order chi connectivity index (χ1) is 7.77. The highest BCUT2D eigenvalue weighted by Crippen LogP contribution is 2.32. The molecule has 3 rings (SSSR count). The van der Waals surface area contributed by atoms with E-state index in [4.69, 9.17) is 17.3 Å². The van der Waals surface area contributed by atoms with Crippen LogP contribution in [0.2, 0.25) is 5.02 Å². The average Bonchev–Trinajstić information content (AvgIpc) is 2.83. The van der Waals surface area contributed by atoms with E-state index in [1.165, 1.54) is 5.56 Å². The van der Waals surface area contributed by atoms with E-state index in [1.54, 1.807) is 0 Å². The van der Waals surface area contributed by atoms with Crippen LogP contribution in [-0.4, -0.2) is 9.78 Å². The minimum atomic E-state index is 0.0776. The third-order valence-electron chi connectivity index (χ3n) is 3.04. The van der Waals surface area contributed by atoms with Gasteiger partial charge in [0.15, 0.2) is 0 Å². The number of aryl methyl sites for hydroxylation is 1. The maximum atomic E-state index is 6.16. The zero-order valence-corrected chi connectivity index (χ0v) is 9.48. The minimum absolute atomic E-state index is 0.0776. The van der Waals surface area contributed by atoms with Gasteiger partial charge in [-0.25, -0.2) is 4.68 Å². The van der Waals surface area contributed by atoms with Crippen molar-refractivity contribution < 1.29 is 0 Å². The Morgan fingerprint density at radius 2 is 2.19 bits per heavy atom. The second-order valence-corrected chi connectivity index (χ2v) is 4.47. The molecule has 3 nitrogen and oxygen atoms in total. The molecule has 0 saturated carbocycles. The van der Waals surface area contributed by atoms with Crippen LogP contribution in [-0.2, 0) is 6.42 Å². The molecule has 0 saturated heterocycles. The Morgan fingerprint density at radius 3 is 3.00 bits per heavy atom. The molecule has 0 bridgehead atoms. The molecule has 0 amide bonds. The number of benzene rings is 1. The Hall–Kier alpha value is -1.32. The van der Waals surface area contributed by atoms with Crippen LogP contribution in [0.15, 0.2) is 30.5 Å². The van der Waals surface area contributed by atoms with Crippen LogP contribution < -0.4 is 5.73 Å². The smallest absolute Gasteiger partial charge is 0.0835 e. The van der Waals surface area contributed by atoms with Gasteiger partial charge in [-0.05, 0) is 30.5 Å². The van der Waals surface area contributed by atoms with E-state index in [2.05, 4.69) is 5.10 Å². The van der Waals surface area contributed by atoms with Crippen molar-refractivity contribution in [1.29, 1.82) is 0 Å². The highest BCUT2D eigenvalue weighted by molar-refractivity contribution is 6.32. The maximum absolute atomic E-state index is 6.16. The number of hydrogen-bond donors (Lipinski definition) is 1. The predicted octanol–water partition coefficient (Wildman–Crippen LogP) is 2.47. The number of halogens is 1. The van der Waals surface area contributed by atoms with Crippen molar-refractivity contribution in [2.24, 2.45) is 5.73 Å². The van der Waals surface area contributed by atoms with E-state index < -0.39 is 0 Å². The van der Waals surface area contributed by atoms with Crippen LogP contribution in [0.4, 0.5) is 0 Å². The average molecular weight is 234 g/mol. The molecule has 4 heteroatoms. The molecule has 0 aliphatic heterocycles. The van der Waals surface area contributed by atoms with Gasteiger partial charge in [-0.1, -0.05) is 23.7 Å². The van der Waals surface area contributed by atoms with Gasteiger partial charge in [-0.2, -0.15) is 5.10 Å². The predicted molar refractivity (Wildman–Crippen MR) is 63.8 cm³/mol. The van der Waals surface area contributed by atoms with E-state index in [0.717, 1.165) is 24.2 Å². The fraction of sp³-hybridized carbons (Fsp3) is 0.250. The Kier molecular flexibility index (Phi) is 2.23. The largest absolute Gasteiger partial charge is 0.323 e. The van der Waals surface area contributed by atoms with Crippen LogP contribution in [0.3, 0.4) is 0 Å². The van der Waals surface area contributed by atoms with Crippen LogP contribution in [0.1, 0.15) is 23.7 Å². The molecule has 2 aromatic rings. The van der Waals surface area contributed by atoms with Crippen molar-refractivity contribution >= 4 is 11.6 Å². The van der Waals surface area contributed by atoms with Crippen molar-refractivity contribution in [2.75, 3.05) is 0 Å². The van der Waals surface area contributed by atoms with Gasteiger partial charge in [-0.15, -0.1) is 0 Å². The van der Waals surface area contributed by atoms with E-state index in [0.29, 0.717) is 5.02 Å². The Balaban J connectivity index is 2.19. The number of aromatic nitrogens is 2. The topological polar surface area (TPSA) is 43.8 Å². The quantitative estimate of drug-likeness (QED) is 0.823. The second-order valence-electron chi connectivity index (χ2n) is 4.06. The molecule has 1 unspecified atom stereocenters. The SMILES string of the molecule is NC1CCc2cnn(-c3ccccc3Cl)c21. The number of hydrogen-bond acceptors (Lipinski definition) is 2. The van der Waals surface area contributed by atoms with Gasteiger partial charge in [-0.3, -0.25) is 0 Å². The van der Waals surface area contributed by atoms with Crippen molar-refractivity contribution in [3.8, 4) is 5.69 Å². The molecule has 2 N–H and O–H groups in total. The summed E-state index contributed by atoms with van der Waals surface area (Å²) in [7, 11) is 0. The van der Waals surface area contributed by atoms with Crippen molar-refractivity contribution in [3.63, 3.8) is 0 Å². The number of nitrogens with zero attached hydrogens (tertiary/aromatic N) is 2. The number of fused-ring (bicyclic) bond motifs is 1. The van der Waals surface area contributed by atoms with Crippen molar-refractivity contribution in [3.05, 3.63) is 46.7 Å². The summed E-state index contributed by atoms with van der Waals surface area (Å²) in [5.41, 5.74) is 9.33. The molecule has 0 spiro atoms. The first-order valence-corrected chi connectivity index (χ1v) is 5.72. The zero-order chi connectivity index (χ0) is 11.1. The van der Waals surface area contributed by atoms with Crippen molar-refractivity contribution in [1.82, 2.24) is 9.78 Å². The van der Waals surface area contributed by atoms with E-state index >= 15 is 0 Å². The van der Waals surface area contributed by atoms with Crippen LogP contribution in [0.25, 0.3) is 5.69 Å². The summed E-state index contributed by atoms with van der Waals surface area (Å²) >= 11 is 6.16. The molecule has 1 heterocycles. The Labute approximate surface area is 98.8 Å². The Bertz CT molecular complexity index is 533. The molecule has 1 aromatic heterocycles. The van der Waals surface area contributed by atoms with Crippen LogP contribution in [0, 0.1) is 0 Å². The molecule has 16 heavy (non-hydrogen) atoms. The van der Waals surface area contributed by atoms with Crippen LogP contribution in [0.5, 0.6) is 0 Å². The molecule has 1 aromatic carbocycles. The van der Waals surface area contributed by atoms with Gasteiger partial charge in [0.05, 0.1) is 22.6 Å². The minimum Gasteiger partial charge on any atom is -0.323 e. The zero-order valence-electron chi connectivity index (χ0n) is 8.73. The molecule has 1 atom stereocenters. The van der Waals surface area contributed by atoms with Gasteiger partial charge in [0.1, 0.15) is 0 Å². The Morgan fingerprint density at radius 1 is 1.38 bits per heavy atom. The lowest BCUT2D eigenvalue weighted by Gasteiger charge is -2.10. The van der Waals surface area contributed by atoms with Crippen molar-refractivity contribution in [2.45, 2.75) is 18.9 Å². The second kappa shape index (κ2) is 3.61. The number of nitrogens with two attached hydrogens (primary N) is 1. The third kappa shape index (κ3) is 1.36. The monoisotopic (exact) mass is 233 g/mol. The molecule has 0 radical (unpaired) electrons. The van der Waals surface area contributed by atoms with Gasteiger partial charge in [0.2, 0.25) is 0 Å². The highest BCUT2D eigenvalue weighted by Gasteiger charge is 2.25. The first kappa shape index (κ1) is 9.87. The van der Waals surface area contributed by atoms with E-state index in [1.807, 2.05) is 35.1 Å². The summed E-state index contributed by atoms with van der Waals surface area (Å²) in [6.07, 6.45) is 3.91. The fourth-order valence-corrected chi connectivity index (χ4v) is 2.46. The molecule has 82 valence electrons. The van der Waals surface area contributed by atoms with E-state index in [9.17, 15) is 0 Å². The first-order valence-electron chi connectivity index (χ1n) is 5.34. The highest BCUT2D eigenvalue weighted by atomic mass is 35.5. The lowest BCUT2D eigenvalue weighted by molar-refractivity contribution is 0.653. The van der Waals surface area contributed by atoms with E-state index in [-0.39, 0.29) is 6.04 Å². The van der Waals surface area contributed by atoms with Gasteiger partial charge < -0.3 is 5.73 Å². The maximum Gasteiger partial charge on any atom is 0.0835 e. The fourth-order valence-electron chi connectivity index (χ4n) is 2.24. The van der Waals surface area contributed by atoms with Gasteiger partial charge >= 0.3 is 0 Å². The summed E-state index contributed by atoms with van der Waals surface area (Å²) < 4.78 is 1.87. The standard InChI is InChI=1S/C12H12ClN3/c13-9-3-1-2-4-11(9)16-12-8(7-15-16)5-6-10(12)14/h1-4,7,10H,5-6,14H2. The molecule has 0 fully saturated rings. The molecule has 1 aliphatic carbocycles. The number of para-hydroxylation sites is 1. The van der Waals surface area contributed by atoms with Gasteiger partial charge in [0, 0.05) is 6.04 Å². The van der Waals surface area contributed by atoms with Gasteiger partial charge in [0.25, 0.3) is 0 Å². The molecule has 1 aliphatic rings. The normalized spacial score (nSPS) is 18.8. The summed E-state index contributed by atoms with van der Waals surface area (Å²) in [6.45, 7) is 0. The summed E-state index contributed by atoms with van der Waals surface area (Å²) in [4.78, 5) is 0. The third-order valence-corrected chi connectivity index (χ3v) is 3.36.